The zero-order valence-corrected chi connectivity index (χ0v) is 18.9. The molecule has 0 rings (SSSR count). The Morgan fingerprint density at radius 1 is 0.484 bits per heavy atom. The van der Waals surface area contributed by atoms with E-state index in [0.29, 0.717) is 0 Å². The fraction of sp³-hybridized carbons (Fsp3) is 0.857. The van der Waals surface area contributed by atoms with Gasteiger partial charge in [0.05, 0.1) is 13.2 Å². The molecule has 0 spiro atoms. The van der Waals surface area contributed by atoms with Gasteiger partial charge in [0, 0.05) is 19.5 Å². The van der Waals surface area contributed by atoms with Gasteiger partial charge in [-0.15, -0.1) is 0 Å². The zero-order chi connectivity index (χ0) is 24.3. The molecule has 0 aliphatic heterocycles. The summed E-state index contributed by atoms with van der Waals surface area (Å²) in [4.78, 5) is 20.4. The Hall–Kier alpha value is -0.917. The van der Waals surface area contributed by atoms with E-state index in [1.54, 1.807) is 0 Å². The van der Waals surface area contributed by atoms with Crippen molar-refractivity contribution in [2.24, 2.45) is 0 Å². The van der Waals surface area contributed by atoms with Crippen LogP contribution in [0.4, 0.5) is 0 Å². The first-order valence-electron chi connectivity index (χ1n) is 8.13. The van der Waals surface area contributed by atoms with Crippen molar-refractivity contribution >= 4 is 11.9 Å². The number of aliphatic hydroxyl groups excluding tert-OH is 12. The van der Waals surface area contributed by atoms with Crippen molar-refractivity contribution in [1.29, 1.82) is 0 Å². The van der Waals surface area contributed by atoms with E-state index in [4.69, 9.17) is 71.5 Å². The van der Waals surface area contributed by atoms with Crippen LogP contribution >= 0.6 is 0 Å². The minimum Gasteiger partial charge on any atom is -0.479 e. The Morgan fingerprint density at radius 3 is 0.871 bits per heavy atom. The molecule has 10 unspecified atom stereocenters. The topological polar surface area (TPSA) is 317 Å². The molecule has 0 saturated heterocycles. The van der Waals surface area contributed by atoms with E-state index in [9.17, 15) is 9.59 Å². The molecule has 0 aromatic carbocycles. The van der Waals surface area contributed by atoms with Crippen molar-refractivity contribution in [2.75, 3.05) is 13.2 Å². The summed E-state index contributed by atoms with van der Waals surface area (Å²) in [6.45, 7) is -1.76. The Labute approximate surface area is 187 Å². The fourth-order valence-electron chi connectivity index (χ4n) is 1.74. The van der Waals surface area contributed by atoms with E-state index in [2.05, 4.69) is 0 Å². The molecule has 14 N–H and O–H groups in total. The molecule has 0 saturated carbocycles. The molecule has 0 heterocycles. The first kappa shape index (κ1) is 34.7. The summed E-state index contributed by atoms with van der Waals surface area (Å²) >= 11 is 0. The second-order valence-electron chi connectivity index (χ2n) is 6.01. The summed E-state index contributed by atoms with van der Waals surface area (Å²) in [7, 11) is 0. The maximum absolute atomic E-state index is 10.2. The number of aliphatic carboxylic acids is 2. The van der Waals surface area contributed by atoms with E-state index < -0.39 is 86.2 Å². The molecule has 16 nitrogen and oxygen atoms in total. The van der Waals surface area contributed by atoms with E-state index in [1.165, 1.54) is 0 Å². The number of hydrogen-bond donors (Lipinski definition) is 14. The molecule has 0 aromatic heterocycles. The predicted octanol–water partition coefficient (Wildman–Crippen LogP) is -8.27. The van der Waals surface area contributed by atoms with Crippen molar-refractivity contribution in [3.63, 3.8) is 0 Å². The van der Waals surface area contributed by atoms with Gasteiger partial charge in [0.2, 0.25) is 0 Å². The molecule has 0 amide bonds. The van der Waals surface area contributed by atoms with Crippen LogP contribution < -0.4 is 0 Å². The summed E-state index contributed by atoms with van der Waals surface area (Å²) in [5.41, 5.74) is 0. The van der Waals surface area contributed by atoms with Gasteiger partial charge >= 0.3 is 11.9 Å². The average molecular weight is 518 g/mol. The third kappa shape index (κ3) is 11.5. The molecule has 0 fully saturated rings. The smallest absolute Gasteiger partial charge is 0.335 e. The summed E-state index contributed by atoms with van der Waals surface area (Å²) in [5, 5.41) is 123. The van der Waals surface area contributed by atoms with Gasteiger partial charge in [0.15, 0.2) is 12.2 Å². The fourth-order valence-corrected chi connectivity index (χ4v) is 1.74. The van der Waals surface area contributed by atoms with Crippen LogP contribution in [0, 0.1) is 0 Å². The van der Waals surface area contributed by atoms with Gasteiger partial charge in [0.1, 0.15) is 48.8 Å². The molecular weight excluding hydrogens is 490 g/mol. The van der Waals surface area contributed by atoms with Gasteiger partial charge < -0.3 is 71.5 Å². The number of carboxylic acid groups (broad SMARTS) is 2. The number of carboxylic acids is 2. The van der Waals surface area contributed by atoms with Gasteiger partial charge in [-0.2, -0.15) is 0 Å². The third-order valence-electron chi connectivity index (χ3n) is 3.72. The zero-order valence-electron chi connectivity index (χ0n) is 16.0. The molecule has 0 aliphatic carbocycles. The maximum atomic E-state index is 10.2. The number of hydrogen-bond acceptors (Lipinski definition) is 14. The van der Waals surface area contributed by atoms with Gasteiger partial charge in [-0.1, -0.05) is 0 Å². The Bertz CT molecular complexity index is 465. The molecule has 0 aliphatic rings. The first-order chi connectivity index (χ1) is 13.6. The largest absolute Gasteiger partial charge is 0.479 e. The van der Waals surface area contributed by atoms with E-state index in [1.807, 2.05) is 0 Å². The monoisotopic (exact) mass is 516 g/mol. The number of aliphatic hydroxyl groups is 12. The number of carbonyl (C=O) groups is 2. The van der Waals surface area contributed by atoms with Gasteiger partial charge in [0.25, 0.3) is 0 Å². The van der Waals surface area contributed by atoms with Crippen LogP contribution in [0.3, 0.4) is 0 Å². The molecule has 0 bridgehead atoms. The molecule has 0 radical (unpaired) electrons. The summed E-state index contributed by atoms with van der Waals surface area (Å²) in [6.07, 6.45) is -20.5. The van der Waals surface area contributed by atoms with Gasteiger partial charge in [-0.25, -0.2) is 9.59 Å². The Balaban J connectivity index is -0.000000490. The molecule has 31 heavy (non-hydrogen) atoms. The van der Waals surface area contributed by atoms with Crippen molar-refractivity contribution < 1.29 is 101 Å². The number of rotatable bonds is 12. The minimum atomic E-state index is -2.29. The Kier molecular flexibility index (Phi) is 18.7. The second-order valence-corrected chi connectivity index (χ2v) is 6.01. The molecular formula is C14H28O16Zn. The average Bonchev–Trinajstić information content (AvgIpc) is 2.73. The van der Waals surface area contributed by atoms with Crippen LogP contribution in [-0.2, 0) is 29.1 Å². The minimum absolute atomic E-state index is 0. The van der Waals surface area contributed by atoms with Crippen LogP contribution in [0.2, 0.25) is 0 Å². The maximum Gasteiger partial charge on any atom is 0.335 e. The van der Waals surface area contributed by atoms with Crippen LogP contribution in [0.1, 0.15) is 0 Å². The Morgan fingerprint density at radius 2 is 0.710 bits per heavy atom. The summed E-state index contributed by atoms with van der Waals surface area (Å²) < 4.78 is 0. The van der Waals surface area contributed by atoms with Gasteiger partial charge in [-0.05, 0) is 0 Å². The molecule has 10 atom stereocenters. The van der Waals surface area contributed by atoms with Crippen molar-refractivity contribution in [3.05, 3.63) is 0 Å². The van der Waals surface area contributed by atoms with Crippen molar-refractivity contribution in [2.45, 2.75) is 61.0 Å². The van der Waals surface area contributed by atoms with Gasteiger partial charge in [-0.3, -0.25) is 0 Å². The summed E-state index contributed by atoms with van der Waals surface area (Å²) in [6, 6.07) is 0. The quantitative estimate of drug-likeness (QED) is 0.107. The molecule has 0 aromatic rings. The summed E-state index contributed by atoms with van der Waals surface area (Å²) in [5.74, 6) is -3.57. The van der Waals surface area contributed by atoms with Crippen LogP contribution in [0.25, 0.3) is 0 Å². The second kappa shape index (κ2) is 16.7. The van der Waals surface area contributed by atoms with E-state index >= 15 is 0 Å². The SMILES string of the molecule is O=C(O)C(O)C(O)C(O)C(O)C(O)CO.O=C(O)C(O)C(O)C(O)C(O)C(O)CO.[Zn]. The van der Waals surface area contributed by atoms with Crippen molar-refractivity contribution in [1.82, 2.24) is 0 Å². The standard InChI is InChI=1S/2C7H14O8.Zn/c2*8-1-2(9)3(10)4(11)5(12)6(13)7(14)15;/h2*2-6,8-13H,1H2,(H,14,15);. The third-order valence-corrected chi connectivity index (χ3v) is 3.72. The van der Waals surface area contributed by atoms with Crippen LogP contribution in [0.15, 0.2) is 0 Å². The van der Waals surface area contributed by atoms with Crippen LogP contribution in [0.5, 0.6) is 0 Å². The van der Waals surface area contributed by atoms with Crippen molar-refractivity contribution in [3.8, 4) is 0 Å². The first-order valence-corrected chi connectivity index (χ1v) is 8.13. The molecule has 182 valence electrons. The predicted molar refractivity (Wildman–Crippen MR) is 89.5 cm³/mol. The van der Waals surface area contributed by atoms with E-state index in [0.717, 1.165) is 0 Å². The molecule has 17 heteroatoms. The van der Waals surface area contributed by atoms with E-state index in [-0.39, 0.29) is 19.5 Å². The normalized spacial score (nSPS) is 20.8. The van der Waals surface area contributed by atoms with Crippen LogP contribution in [-0.4, -0.2) is 158 Å².